The van der Waals surface area contributed by atoms with Gasteiger partial charge in [0.2, 0.25) is 5.91 Å². The van der Waals surface area contributed by atoms with Crippen LogP contribution in [-0.2, 0) is 14.8 Å². The van der Waals surface area contributed by atoms with E-state index in [1.165, 1.54) is 18.2 Å². The van der Waals surface area contributed by atoms with Gasteiger partial charge in [0, 0.05) is 37.5 Å². The Morgan fingerprint density at radius 1 is 1.00 bits per heavy atom. The van der Waals surface area contributed by atoms with Crippen LogP contribution in [0.15, 0.2) is 83.2 Å². The highest BCUT2D eigenvalue weighted by molar-refractivity contribution is 7.93. The maximum Gasteiger partial charge on any atom is 0.273 e. The molecular formula is C24H20F3N4O3S+. The number of anilines is 1. The first-order valence-electron chi connectivity index (χ1n) is 10.5. The minimum absolute atomic E-state index is 0.0905. The van der Waals surface area contributed by atoms with Crippen molar-refractivity contribution in [2.45, 2.75) is 18.7 Å². The number of allylic oxidation sites excluding steroid dienone is 1. The average molecular weight is 502 g/mol. The Morgan fingerprint density at radius 2 is 1.69 bits per heavy atom. The summed E-state index contributed by atoms with van der Waals surface area (Å²) in [6.07, 6.45) is 6.17. The molecule has 2 heterocycles. The van der Waals surface area contributed by atoms with E-state index in [0.29, 0.717) is 12.2 Å². The van der Waals surface area contributed by atoms with E-state index in [9.17, 15) is 22.0 Å². The fraction of sp³-hybridized carbons (Fsp3) is 0.125. The van der Waals surface area contributed by atoms with Gasteiger partial charge in [0.15, 0.2) is 11.5 Å². The van der Waals surface area contributed by atoms with Crippen molar-refractivity contribution in [3.05, 3.63) is 96.2 Å². The summed E-state index contributed by atoms with van der Waals surface area (Å²) in [5.41, 5.74) is -0.763. The molecule has 0 aliphatic carbocycles. The van der Waals surface area contributed by atoms with Crippen LogP contribution >= 0.6 is 0 Å². The second kappa shape index (κ2) is 9.08. The SMILES string of the molecule is CC[N+]1(c2ccncc2)C=CC(c2c(F)ccc(N(C(C)=O)S(=O)(=O)c3ccccc3F)c2F)=N1. The molecule has 2 aromatic carbocycles. The number of sulfonamides is 1. The van der Waals surface area contributed by atoms with Gasteiger partial charge in [-0.2, -0.15) is 4.31 Å². The van der Waals surface area contributed by atoms with Gasteiger partial charge in [0.1, 0.15) is 35.0 Å². The number of benzene rings is 2. The highest BCUT2D eigenvalue weighted by Crippen LogP contribution is 2.34. The number of aromatic nitrogens is 1. The molecular weight excluding hydrogens is 481 g/mol. The highest BCUT2D eigenvalue weighted by Gasteiger charge is 2.37. The fourth-order valence-electron chi connectivity index (χ4n) is 3.84. The van der Waals surface area contributed by atoms with Crippen LogP contribution in [0.25, 0.3) is 0 Å². The first-order chi connectivity index (χ1) is 16.6. The second-order valence-electron chi connectivity index (χ2n) is 7.62. The smallest absolute Gasteiger partial charge is 0.273 e. The van der Waals surface area contributed by atoms with Gasteiger partial charge in [-0.1, -0.05) is 17.2 Å². The summed E-state index contributed by atoms with van der Waals surface area (Å²) in [5.74, 6) is -4.56. The minimum Gasteiger partial charge on any atom is -0.274 e. The first kappa shape index (κ1) is 24.3. The van der Waals surface area contributed by atoms with Crippen LogP contribution in [-0.4, -0.2) is 31.6 Å². The Kier molecular flexibility index (Phi) is 6.30. The largest absolute Gasteiger partial charge is 0.274 e. The van der Waals surface area contributed by atoms with E-state index in [0.717, 1.165) is 31.2 Å². The predicted molar refractivity (Wildman–Crippen MR) is 125 cm³/mol. The average Bonchev–Trinajstić information content (AvgIpc) is 3.27. The van der Waals surface area contributed by atoms with E-state index in [1.807, 2.05) is 6.92 Å². The maximum atomic E-state index is 15.8. The van der Waals surface area contributed by atoms with Gasteiger partial charge < -0.3 is 0 Å². The zero-order valence-corrected chi connectivity index (χ0v) is 19.5. The number of amides is 1. The molecule has 1 aliphatic heterocycles. The van der Waals surface area contributed by atoms with Crippen molar-refractivity contribution < 1.29 is 26.4 Å². The molecule has 0 saturated heterocycles. The van der Waals surface area contributed by atoms with Crippen molar-refractivity contribution in [3.8, 4) is 0 Å². The lowest BCUT2D eigenvalue weighted by Crippen LogP contribution is -2.37. The maximum absolute atomic E-state index is 15.8. The lowest BCUT2D eigenvalue weighted by molar-refractivity contribution is -0.115. The van der Waals surface area contributed by atoms with Gasteiger partial charge in [0.25, 0.3) is 10.0 Å². The third-order valence-corrected chi connectivity index (χ3v) is 7.37. The van der Waals surface area contributed by atoms with Gasteiger partial charge in [-0.25, -0.2) is 21.6 Å². The standard InChI is InChI=1S/C24H20F3N4O3S/c1-3-31(17-10-13-28-14-11-17)15-12-20(29-31)23-19(26)8-9-21(24(23)27)30(16(2)32)35(33,34)22-7-5-4-6-18(22)25/h4-15H,3H2,1-2H3/q+1. The van der Waals surface area contributed by atoms with E-state index in [2.05, 4.69) is 10.1 Å². The predicted octanol–water partition coefficient (Wildman–Crippen LogP) is 4.50. The van der Waals surface area contributed by atoms with Crippen LogP contribution in [0.4, 0.5) is 24.5 Å². The molecule has 1 amide bonds. The van der Waals surface area contributed by atoms with Crippen molar-refractivity contribution >= 4 is 33.0 Å². The summed E-state index contributed by atoms with van der Waals surface area (Å²) < 4.78 is 71.3. The van der Waals surface area contributed by atoms with Crippen molar-refractivity contribution in [1.29, 1.82) is 0 Å². The van der Waals surface area contributed by atoms with Crippen molar-refractivity contribution in [3.63, 3.8) is 0 Å². The number of nitrogens with zero attached hydrogens (tertiary/aromatic N) is 4. The number of hydrogen-bond acceptors (Lipinski definition) is 5. The molecule has 11 heteroatoms. The molecule has 0 saturated carbocycles. The molecule has 0 fully saturated rings. The topological polar surface area (TPSA) is 79.7 Å². The molecule has 35 heavy (non-hydrogen) atoms. The Morgan fingerprint density at radius 3 is 2.31 bits per heavy atom. The van der Waals surface area contributed by atoms with E-state index in [1.54, 1.807) is 30.7 Å². The number of carbonyl (C=O) groups is 1. The van der Waals surface area contributed by atoms with Crippen LogP contribution in [0.2, 0.25) is 0 Å². The Labute approximate surface area is 200 Å². The van der Waals surface area contributed by atoms with Gasteiger partial charge in [-0.3, -0.25) is 9.78 Å². The van der Waals surface area contributed by atoms with Gasteiger partial charge >= 0.3 is 0 Å². The zero-order valence-electron chi connectivity index (χ0n) is 18.7. The third-order valence-electron chi connectivity index (χ3n) is 5.54. The fourth-order valence-corrected chi connectivity index (χ4v) is 5.34. The van der Waals surface area contributed by atoms with Crippen LogP contribution in [0.1, 0.15) is 19.4 Å². The molecule has 1 aromatic heterocycles. The number of halogens is 3. The molecule has 0 N–H and O–H groups in total. The van der Waals surface area contributed by atoms with Crippen LogP contribution < -0.4 is 8.90 Å². The molecule has 1 unspecified atom stereocenters. The molecule has 180 valence electrons. The normalized spacial score (nSPS) is 17.3. The van der Waals surface area contributed by atoms with Gasteiger partial charge in [0.05, 0.1) is 11.3 Å². The van der Waals surface area contributed by atoms with Crippen LogP contribution in [0.5, 0.6) is 0 Å². The summed E-state index contributed by atoms with van der Waals surface area (Å²) in [5, 5.41) is 4.50. The minimum atomic E-state index is -4.85. The number of carbonyl (C=O) groups excluding carboxylic acids is 1. The summed E-state index contributed by atoms with van der Waals surface area (Å²) in [7, 11) is -4.85. The number of pyridine rings is 1. The third kappa shape index (κ3) is 4.13. The monoisotopic (exact) mass is 501 g/mol. The van der Waals surface area contributed by atoms with Gasteiger partial charge in [-0.15, -0.1) is 4.59 Å². The van der Waals surface area contributed by atoms with Crippen molar-refractivity contribution in [2.75, 3.05) is 10.8 Å². The Hall–Kier alpha value is -3.83. The van der Waals surface area contributed by atoms with Crippen LogP contribution in [0, 0.1) is 17.5 Å². The molecule has 1 aliphatic rings. The number of rotatable bonds is 6. The molecule has 3 aromatic rings. The quantitative estimate of drug-likeness (QED) is 0.466. The number of hydrogen-bond donors (Lipinski definition) is 0. The lowest BCUT2D eigenvalue weighted by atomic mass is 10.1. The highest BCUT2D eigenvalue weighted by atomic mass is 32.2. The number of quaternary nitrogens is 1. The first-order valence-corrected chi connectivity index (χ1v) is 11.9. The Balaban J connectivity index is 1.88. The molecule has 4 rings (SSSR count). The van der Waals surface area contributed by atoms with Crippen molar-refractivity contribution in [2.24, 2.45) is 5.10 Å². The van der Waals surface area contributed by atoms with E-state index in [-0.39, 0.29) is 14.6 Å². The van der Waals surface area contributed by atoms with E-state index >= 15 is 4.39 Å². The molecule has 0 bridgehead atoms. The molecule has 7 nitrogen and oxygen atoms in total. The van der Waals surface area contributed by atoms with E-state index in [4.69, 9.17) is 0 Å². The lowest BCUT2D eigenvalue weighted by Gasteiger charge is -2.24. The molecule has 0 radical (unpaired) electrons. The van der Waals surface area contributed by atoms with Gasteiger partial charge in [-0.05, 0) is 31.2 Å². The van der Waals surface area contributed by atoms with Crippen molar-refractivity contribution in [1.82, 2.24) is 9.58 Å². The summed E-state index contributed by atoms with van der Waals surface area (Å²) in [4.78, 5) is 15.5. The molecule has 0 spiro atoms. The zero-order chi connectivity index (χ0) is 25.4. The second-order valence-corrected chi connectivity index (χ2v) is 9.38. The summed E-state index contributed by atoms with van der Waals surface area (Å²) in [6.45, 7) is 3.13. The molecule has 1 atom stereocenters. The van der Waals surface area contributed by atoms with Crippen LogP contribution in [0.3, 0.4) is 0 Å². The summed E-state index contributed by atoms with van der Waals surface area (Å²) >= 11 is 0. The Bertz CT molecular complexity index is 1480. The summed E-state index contributed by atoms with van der Waals surface area (Å²) in [6, 6.07) is 9.46. The van der Waals surface area contributed by atoms with E-state index < -0.39 is 49.5 Å².